The third-order valence-electron chi connectivity index (χ3n) is 9.81. The predicted molar refractivity (Wildman–Crippen MR) is 212 cm³/mol. The summed E-state index contributed by atoms with van der Waals surface area (Å²) in [6.07, 6.45) is 3.90. The normalized spacial score (nSPS) is 13.0. The van der Waals surface area contributed by atoms with Gasteiger partial charge < -0.3 is 10.2 Å². The first-order valence-corrected chi connectivity index (χ1v) is 21.4. The number of azo groups is 2. The molecule has 0 spiro atoms. The molecule has 2 heterocycles. The van der Waals surface area contributed by atoms with Crippen molar-refractivity contribution in [1.82, 2.24) is 9.13 Å². The number of nitrogens with zero attached hydrogens (tertiary/aromatic N) is 6. The molecule has 0 aliphatic rings. The third-order valence-corrected chi connectivity index (χ3v) is 11.1. The van der Waals surface area contributed by atoms with E-state index < -0.39 is 54.6 Å². The van der Waals surface area contributed by atoms with Gasteiger partial charge in [0.25, 0.3) is 31.4 Å². The number of unbranched alkanes of at least 4 members (excludes halogenated alkanes) is 1. The van der Waals surface area contributed by atoms with Crippen LogP contribution in [0.25, 0.3) is 0 Å². The quantitative estimate of drug-likeness (QED) is 0.0590. The summed E-state index contributed by atoms with van der Waals surface area (Å²) in [7, 11) is -9.05. The standard InChI is InChI=1S/C38H48N6O10S2/c1-7-11-12-25(8-2)32(26-13-17-28(18-14-26)39-41-33-23(5)30(21-55(49,50)51)35(45)43(9-3)37(33)47)27-15-19-29(20-16-27)40-42-34-24(6)31(22-56(52,53)54)36(46)44(10-4)38(34)48/h13-20,25,32,45-46H,7-12,21-22H2,1-6H3,(H,49,50,51)(H,52,53,54)/b41-39+,42-40+. The summed E-state index contributed by atoms with van der Waals surface area (Å²) in [6, 6.07) is 14.7. The Balaban J connectivity index is 1.70. The van der Waals surface area contributed by atoms with Crippen LogP contribution in [0.15, 0.2) is 78.6 Å². The maximum Gasteiger partial charge on any atom is 0.281 e. The lowest BCUT2D eigenvalue weighted by Gasteiger charge is -2.27. The second-order valence-corrected chi connectivity index (χ2v) is 16.4. The lowest BCUT2D eigenvalue weighted by Crippen LogP contribution is -2.22. The molecule has 0 bridgehead atoms. The summed E-state index contributed by atoms with van der Waals surface area (Å²) in [4.78, 5) is 26.2. The Kier molecular flexibility index (Phi) is 14.3. The Morgan fingerprint density at radius 1 is 0.625 bits per heavy atom. The molecule has 0 saturated carbocycles. The van der Waals surface area contributed by atoms with Crippen molar-refractivity contribution in [2.24, 2.45) is 26.4 Å². The van der Waals surface area contributed by atoms with Crippen molar-refractivity contribution >= 4 is 43.0 Å². The molecule has 0 fully saturated rings. The van der Waals surface area contributed by atoms with Gasteiger partial charge in [-0.3, -0.25) is 27.8 Å². The van der Waals surface area contributed by atoms with Crippen LogP contribution in [0.3, 0.4) is 0 Å². The molecular weight excluding hydrogens is 765 g/mol. The van der Waals surface area contributed by atoms with Crippen molar-refractivity contribution < 1.29 is 36.2 Å². The monoisotopic (exact) mass is 812 g/mol. The molecule has 2 aromatic heterocycles. The van der Waals surface area contributed by atoms with Gasteiger partial charge in [-0.15, -0.1) is 10.2 Å². The summed E-state index contributed by atoms with van der Waals surface area (Å²) < 4.78 is 67.4. The van der Waals surface area contributed by atoms with Gasteiger partial charge in [-0.2, -0.15) is 27.1 Å². The van der Waals surface area contributed by atoms with Crippen LogP contribution in [0, 0.1) is 19.8 Å². The van der Waals surface area contributed by atoms with Crippen LogP contribution in [0.4, 0.5) is 22.7 Å². The van der Waals surface area contributed by atoms with Crippen molar-refractivity contribution in [2.45, 2.75) is 97.7 Å². The van der Waals surface area contributed by atoms with Gasteiger partial charge in [0, 0.05) is 30.1 Å². The van der Waals surface area contributed by atoms with Crippen LogP contribution >= 0.6 is 0 Å². The molecule has 302 valence electrons. The van der Waals surface area contributed by atoms with Gasteiger partial charge in [-0.25, -0.2) is 0 Å². The summed E-state index contributed by atoms with van der Waals surface area (Å²) in [5.41, 5.74) is 1.05. The first kappa shape index (κ1) is 43.7. The second-order valence-electron chi connectivity index (χ2n) is 13.5. The molecule has 0 saturated heterocycles. The number of aromatic nitrogens is 2. The van der Waals surface area contributed by atoms with Crippen LogP contribution in [0.1, 0.15) is 92.7 Å². The van der Waals surface area contributed by atoms with E-state index in [9.17, 15) is 45.7 Å². The fourth-order valence-electron chi connectivity index (χ4n) is 6.77. The van der Waals surface area contributed by atoms with E-state index in [4.69, 9.17) is 0 Å². The van der Waals surface area contributed by atoms with Crippen LogP contribution in [-0.2, 0) is 44.8 Å². The van der Waals surface area contributed by atoms with Gasteiger partial charge in [-0.1, -0.05) is 57.4 Å². The number of hydrogen-bond acceptors (Lipinski definition) is 12. The molecule has 4 aromatic rings. The van der Waals surface area contributed by atoms with E-state index in [2.05, 4.69) is 34.3 Å². The molecule has 4 N–H and O–H groups in total. The van der Waals surface area contributed by atoms with Crippen molar-refractivity contribution in [3.63, 3.8) is 0 Å². The number of benzene rings is 2. The summed E-state index contributed by atoms with van der Waals surface area (Å²) in [6.45, 7) is 10.4. The maximum atomic E-state index is 13.1. The topological polar surface area (TPSA) is 243 Å². The number of aromatic hydroxyl groups is 2. The second kappa shape index (κ2) is 18.3. The highest BCUT2D eigenvalue weighted by molar-refractivity contribution is 7.85. The Labute approximate surface area is 325 Å². The number of rotatable bonds is 17. The molecular formula is C38H48N6O10S2. The van der Waals surface area contributed by atoms with E-state index in [0.29, 0.717) is 11.4 Å². The van der Waals surface area contributed by atoms with Gasteiger partial charge in [0.1, 0.15) is 11.5 Å². The van der Waals surface area contributed by atoms with E-state index in [1.165, 1.54) is 13.8 Å². The average Bonchev–Trinajstić information content (AvgIpc) is 3.14. The summed E-state index contributed by atoms with van der Waals surface area (Å²) in [5, 5.41) is 37.9. The highest BCUT2D eigenvalue weighted by Gasteiger charge is 2.26. The van der Waals surface area contributed by atoms with Crippen LogP contribution in [0.5, 0.6) is 11.8 Å². The third kappa shape index (κ3) is 10.2. The van der Waals surface area contributed by atoms with E-state index >= 15 is 0 Å². The number of hydrogen-bond donors (Lipinski definition) is 4. The smallest absolute Gasteiger partial charge is 0.281 e. The van der Waals surface area contributed by atoms with E-state index in [0.717, 1.165) is 45.9 Å². The minimum atomic E-state index is -4.53. The van der Waals surface area contributed by atoms with Crippen LogP contribution < -0.4 is 11.1 Å². The van der Waals surface area contributed by atoms with Gasteiger partial charge in [0.2, 0.25) is 0 Å². The zero-order valence-electron chi connectivity index (χ0n) is 32.2. The van der Waals surface area contributed by atoms with Crippen molar-refractivity contribution in [3.8, 4) is 11.8 Å². The van der Waals surface area contributed by atoms with Crippen molar-refractivity contribution in [2.75, 3.05) is 0 Å². The maximum absolute atomic E-state index is 13.1. The van der Waals surface area contributed by atoms with E-state index in [-0.39, 0.29) is 58.6 Å². The van der Waals surface area contributed by atoms with Crippen molar-refractivity contribution in [3.05, 3.63) is 103 Å². The van der Waals surface area contributed by atoms with Crippen LogP contribution in [0.2, 0.25) is 0 Å². The zero-order valence-corrected chi connectivity index (χ0v) is 33.8. The zero-order chi connectivity index (χ0) is 41.5. The fourth-order valence-corrected chi connectivity index (χ4v) is 8.19. The molecule has 0 radical (unpaired) electrons. The largest absolute Gasteiger partial charge is 0.494 e. The highest BCUT2D eigenvalue weighted by Crippen LogP contribution is 2.39. The van der Waals surface area contributed by atoms with Crippen molar-refractivity contribution in [1.29, 1.82) is 0 Å². The fraction of sp³-hybridized carbons (Fsp3) is 0.421. The minimum absolute atomic E-state index is 0.0289. The predicted octanol–water partition coefficient (Wildman–Crippen LogP) is 8.03. The SMILES string of the molecule is CCCCC(CC)C(c1ccc(/N=N/c2c(C)c(CS(=O)(=O)O)c(O)n(CC)c2=O)cc1)c1ccc(/N=N/c2c(C)c(CS(=O)(=O)O)c(O)n(CC)c2=O)cc1. The Bertz CT molecular complexity index is 2290. The highest BCUT2D eigenvalue weighted by atomic mass is 32.2. The Morgan fingerprint density at radius 2 is 1.00 bits per heavy atom. The average molecular weight is 813 g/mol. The lowest BCUT2D eigenvalue weighted by molar-refractivity contribution is 0.403. The lowest BCUT2D eigenvalue weighted by atomic mass is 9.77. The molecule has 0 amide bonds. The van der Waals surface area contributed by atoms with Gasteiger partial charge >= 0.3 is 0 Å². The van der Waals surface area contributed by atoms with Crippen LogP contribution in [-0.4, -0.2) is 45.3 Å². The first-order chi connectivity index (χ1) is 26.3. The molecule has 0 aliphatic heterocycles. The molecule has 4 rings (SSSR count). The molecule has 18 heteroatoms. The Hall–Kier alpha value is -5.04. The molecule has 16 nitrogen and oxygen atoms in total. The molecule has 1 atom stereocenters. The summed E-state index contributed by atoms with van der Waals surface area (Å²) in [5.74, 6) is -2.70. The molecule has 2 aromatic carbocycles. The molecule has 56 heavy (non-hydrogen) atoms. The molecule has 0 aliphatic carbocycles. The summed E-state index contributed by atoms with van der Waals surface area (Å²) >= 11 is 0. The van der Waals surface area contributed by atoms with Gasteiger partial charge in [0.15, 0.2) is 23.1 Å². The Morgan fingerprint density at radius 3 is 1.30 bits per heavy atom. The van der Waals surface area contributed by atoms with E-state index in [1.807, 2.05) is 24.3 Å². The van der Waals surface area contributed by atoms with Gasteiger partial charge in [-0.05, 0) is 86.6 Å². The van der Waals surface area contributed by atoms with Gasteiger partial charge in [0.05, 0.1) is 11.4 Å². The minimum Gasteiger partial charge on any atom is -0.494 e. The van der Waals surface area contributed by atoms with E-state index in [1.54, 1.807) is 38.1 Å². The number of pyridine rings is 2. The first-order valence-electron chi connectivity index (χ1n) is 18.2. The molecule has 1 unspecified atom stereocenters.